The first-order valence-corrected chi connectivity index (χ1v) is 5.95. The first kappa shape index (κ1) is 14.3. The Balaban J connectivity index is 2.61. The summed E-state index contributed by atoms with van der Waals surface area (Å²) in [5.41, 5.74) is 6.52. The van der Waals surface area contributed by atoms with E-state index in [0.29, 0.717) is 30.0 Å². The summed E-state index contributed by atoms with van der Waals surface area (Å²) in [5.74, 6) is 0.207. The number of aliphatic hydroxyl groups excluding tert-OH is 1. The maximum Gasteiger partial charge on any atom is 0.257 e. The average Bonchev–Trinajstić information content (AvgIpc) is 2.33. The van der Waals surface area contributed by atoms with Gasteiger partial charge >= 0.3 is 0 Å². The van der Waals surface area contributed by atoms with Crippen LogP contribution in [0.4, 0.5) is 5.69 Å². The lowest BCUT2D eigenvalue weighted by Gasteiger charge is -2.11. The van der Waals surface area contributed by atoms with Crippen LogP contribution in [-0.4, -0.2) is 30.8 Å². The molecule has 0 radical (unpaired) electrons. The average molecular weight is 252 g/mol. The minimum atomic E-state index is -0.349. The number of hydrogen-bond acceptors (Lipinski definition) is 4. The van der Waals surface area contributed by atoms with Crippen LogP contribution in [0.15, 0.2) is 18.2 Å². The van der Waals surface area contributed by atoms with Crippen LogP contribution in [0, 0.1) is 0 Å². The van der Waals surface area contributed by atoms with E-state index in [-0.39, 0.29) is 12.0 Å². The minimum Gasteiger partial charge on any atom is -0.496 e. The number of aliphatic hydroxyl groups is 1. The summed E-state index contributed by atoms with van der Waals surface area (Å²) in [4.78, 5) is 12.0. The molecule has 1 aromatic rings. The van der Waals surface area contributed by atoms with Crippen LogP contribution in [0.1, 0.15) is 30.1 Å². The third-order valence-electron chi connectivity index (χ3n) is 2.59. The molecule has 5 heteroatoms. The van der Waals surface area contributed by atoms with Gasteiger partial charge in [-0.05, 0) is 31.9 Å². The zero-order valence-electron chi connectivity index (χ0n) is 10.8. The van der Waals surface area contributed by atoms with Crippen LogP contribution >= 0.6 is 0 Å². The molecule has 0 heterocycles. The van der Waals surface area contributed by atoms with Crippen LogP contribution in [0.2, 0.25) is 0 Å². The first-order valence-electron chi connectivity index (χ1n) is 5.95. The van der Waals surface area contributed by atoms with Gasteiger partial charge in [0.15, 0.2) is 0 Å². The number of benzene rings is 1. The fourth-order valence-corrected chi connectivity index (χ4v) is 1.65. The number of amides is 1. The Morgan fingerprint density at radius 3 is 2.89 bits per heavy atom. The third-order valence-corrected chi connectivity index (χ3v) is 2.59. The number of nitrogen functional groups attached to an aromatic ring is 1. The number of carbonyl (C=O) groups excluding carboxylic acids is 1. The highest BCUT2D eigenvalue weighted by Crippen LogP contribution is 2.23. The van der Waals surface area contributed by atoms with Crippen molar-refractivity contribution in [3.8, 4) is 5.75 Å². The quantitative estimate of drug-likeness (QED) is 0.524. The molecule has 1 rings (SSSR count). The van der Waals surface area contributed by atoms with Gasteiger partial charge in [0, 0.05) is 12.2 Å². The highest BCUT2D eigenvalue weighted by atomic mass is 16.5. The lowest BCUT2D eigenvalue weighted by molar-refractivity contribution is 0.0947. The van der Waals surface area contributed by atoms with E-state index in [0.717, 1.165) is 6.42 Å². The standard InChI is InChI=1S/C13H20N2O3/c1-9(16)5-4-8-15-13(17)12-10(14)6-3-7-11(12)18-2/h3,6-7,9,16H,4-5,8,14H2,1-2H3,(H,15,17). The van der Waals surface area contributed by atoms with Crippen molar-refractivity contribution in [2.24, 2.45) is 0 Å². The van der Waals surface area contributed by atoms with Crippen molar-refractivity contribution in [3.05, 3.63) is 23.8 Å². The maximum atomic E-state index is 12.0. The van der Waals surface area contributed by atoms with Crippen molar-refractivity contribution in [3.63, 3.8) is 0 Å². The first-order chi connectivity index (χ1) is 8.56. The number of rotatable bonds is 6. The van der Waals surface area contributed by atoms with Crippen molar-refractivity contribution in [1.82, 2.24) is 5.32 Å². The van der Waals surface area contributed by atoms with E-state index in [1.165, 1.54) is 7.11 Å². The summed E-state index contributed by atoms with van der Waals surface area (Å²) in [6, 6.07) is 5.09. The topological polar surface area (TPSA) is 84.6 Å². The highest BCUT2D eigenvalue weighted by Gasteiger charge is 2.14. The molecule has 1 unspecified atom stereocenters. The van der Waals surface area contributed by atoms with E-state index in [9.17, 15) is 4.79 Å². The molecular weight excluding hydrogens is 232 g/mol. The largest absolute Gasteiger partial charge is 0.496 e. The van der Waals surface area contributed by atoms with Crippen molar-refractivity contribution in [2.45, 2.75) is 25.9 Å². The molecule has 1 amide bonds. The van der Waals surface area contributed by atoms with Gasteiger partial charge in [-0.15, -0.1) is 0 Å². The molecule has 5 nitrogen and oxygen atoms in total. The minimum absolute atomic E-state index is 0.254. The molecule has 0 saturated heterocycles. The van der Waals surface area contributed by atoms with Crippen LogP contribution in [0.3, 0.4) is 0 Å². The molecule has 0 aromatic heterocycles. The summed E-state index contributed by atoms with van der Waals surface area (Å²) >= 11 is 0. The molecule has 0 saturated carbocycles. The molecule has 18 heavy (non-hydrogen) atoms. The summed E-state index contributed by atoms with van der Waals surface area (Å²) < 4.78 is 5.11. The van der Waals surface area contributed by atoms with Crippen LogP contribution in [0.25, 0.3) is 0 Å². The monoisotopic (exact) mass is 252 g/mol. The Bertz CT molecular complexity index is 405. The van der Waals surface area contributed by atoms with Gasteiger partial charge in [-0.2, -0.15) is 0 Å². The van der Waals surface area contributed by atoms with E-state index in [1.807, 2.05) is 0 Å². The Kier molecular flexibility index (Phi) is 5.45. The summed E-state index contributed by atoms with van der Waals surface area (Å²) in [5, 5.41) is 11.9. The van der Waals surface area contributed by atoms with Crippen LogP contribution in [-0.2, 0) is 0 Å². The number of hydrogen-bond donors (Lipinski definition) is 3. The van der Waals surface area contributed by atoms with Gasteiger partial charge in [0.1, 0.15) is 11.3 Å². The van der Waals surface area contributed by atoms with Gasteiger partial charge in [0.2, 0.25) is 0 Å². The van der Waals surface area contributed by atoms with E-state index >= 15 is 0 Å². The number of nitrogens with two attached hydrogens (primary N) is 1. The van der Waals surface area contributed by atoms with E-state index < -0.39 is 0 Å². The van der Waals surface area contributed by atoms with Gasteiger partial charge in [-0.25, -0.2) is 0 Å². The number of methoxy groups -OCH3 is 1. The lowest BCUT2D eigenvalue weighted by atomic mass is 10.1. The summed E-state index contributed by atoms with van der Waals surface area (Å²) in [7, 11) is 1.50. The lowest BCUT2D eigenvalue weighted by Crippen LogP contribution is -2.26. The molecular formula is C13H20N2O3. The fourth-order valence-electron chi connectivity index (χ4n) is 1.65. The van der Waals surface area contributed by atoms with Crippen molar-refractivity contribution in [1.29, 1.82) is 0 Å². The van der Waals surface area contributed by atoms with Gasteiger partial charge in [0.25, 0.3) is 5.91 Å². The predicted octanol–water partition coefficient (Wildman–Crippen LogP) is 1.17. The third kappa shape index (κ3) is 3.92. The predicted molar refractivity (Wildman–Crippen MR) is 70.7 cm³/mol. The normalized spacial score (nSPS) is 11.9. The van der Waals surface area contributed by atoms with E-state index in [2.05, 4.69) is 5.32 Å². The van der Waals surface area contributed by atoms with Crippen LogP contribution in [0.5, 0.6) is 5.75 Å². The van der Waals surface area contributed by atoms with Gasteiger partial charge in [-0.3, -0.25) is 4.79 Å². The molecule has 1 atom stereocenters. The Morgan fingerprint density at radius 1 is 1.56 bits per heavy atom. The van der Waals surface area contributed by atoms with Gasteiger partial charge in [-0.1, -0.05) is 6.07 Å². The van der Waals surface area contributed by atoms with Crippen molar-refractivity contribution in [2.75, 3.05) is 19.4 Å². The fraction of sp³-hybridized carbons (Fsp3) is 0.462. The number of ether oxygens (including phenoxy) is 1. The van der Waals surface area contributed by atoms with Gasteiger partial charge in [0.05, 0.1) is 13.2 Å². The smallest absolute Gasteiger partial charge is 0.257 e. The second-order valence-corrected chi connectivity index (χ2v) is 4.17. The van der Waals surface area contributed by atoms with Gasteiger partial charge < -0.3 is 20.9 Å². The molecule has 0 bridgehead atoms. The maximum absolute atomic E-state index is 12.0. The Labute approximate surface area is 107 Å². The molecule has 0 aliphatic heterocycles. The van der Waals surface area contributed by atoms with Crippen molar-refractivity contribution >= 4 is 11.6 Å². The number of carbonyl (C=O) groups is 1. The molecule has 4 N–H and O–H groups in total. The van der Waals surface area contributed by atoms with Crippen LogP contribution < -0.4 is 15.8 Å². The Hall–Kier alpha value is -1.75. The molecule has 0 aliphatic carbocycles. The Morgan fingerprint density at radius 2 is 2.28 bits per heavy atom. The molecule has 1 aromatic carbocycles. The molecule has 0 fully saturated rings. The molecule has 100 valence electrons. The van der Waals surface area contributed by atoms with E-state index in [1.54, 1.807) is 25.1 Å². The second kappa shape index (κ2) is 6.86. The molecule has 0 aliphatic rings. The zero-order valence-corrected chi connectivity index (χ0v) is 10.8. The number of nitrogens with one attached hydrogen (secondary N) is 1. The number of anilines is 1. The summed E-state index contributed by atoms with van der Waals surface area (Å²) in [6.45, 7) is 2.22. The van der Waals surface area contributed by atoms with Crippen molar-refractivity contribution < 1.29 is 14.6 Å². The second-order valence-electron chi connectivity index (χ2n) is 4.17. The highest BCUT2D eigenvalue weighted by molar-refractivity contribution is 6.01. The summed E-state index contributed by atoms with van der Waals surface area (Å²) in [6.07, 6.45) is 1.03. The SMILES string of the molecule is COc1cccc(N)c1C(=O)NCCCC(C)O. The van der Waals surface area contributed by atoms with E-state index in [4.69, 9.17) is 15.6 Å². The molecule has 0 spiro atoms. The zero-order chi connectivity index (χ0) is 13.5.